The van der Waals surface area contributed by atoms with Gasteiger partial charge in [0.2, 0.25) is 0 Å². The second-order valence-corrected chi connectivity index (χ2v) is 5.71. The van der Waals surface area contributed by atoms with Crippen molar-refractivity contribution in [1.29, 1.82) is 0 Å². The van der Waals surface area contributed by atoms with Crippen molar-refractivity contribution in [2.45, 2.75) is 57.9 Å². The van der Waals surface area contributed by atoms with Crippen LogP contribution in [-0.2, 0) is 17.7 Å². The molecule has 2 N–H and O–H groups in total. The van der Waals surface area contributed by atoms with E-state index in [2.05, 4.69) is 42.8 Å². The van der Waals surface area contributed by atoms with Crippen molar-refractivity contribution in [3.8, 4) is 0 Å². The fourth-order valence-electron chi connectivity index (χ4n) is 3.09. The van der Waals surface area contributed by atoms with E-state index in [1.165, 1.54) is 10.9 Å². The van der Waals surface area contributed by atoms with Gasteiger partial charge < -0.3 is 10.5 Å². The molecule has 1 aromatic carbocycles. The molecule has 20 heavy (non-hydrogen) atoms. The molecular formula is C16H23N3O. The average Bonchev–Trinajstić information content (AvgIpc) is 3.03. The van der Waals surface area contributed by atoms with E-state index in [1.807, 2.05) is 0 Å². The third kappa shape index (κ3) is 2.45. The molecule has 4 heteroatoms. The molecule has 0 bridgehead atoms. The highest BCUT2D eigenvalue weighted by Gasteiger charge is 2.28. The molecule has 1 saturated heterocycles. The Labute approximate surface area is 119 Å². The topological polar surface area (TPSA) is 53.1 Å². The summed E-state index contributed by atoms with van der Waals surface area (Å²) in [4.78, 5) is 0. The molecule has 1 aromatic heterocycles. The number of para-hydroxylation sites is 1. The van der Waals surface area contributed by atoms with Crippen LogP contribution in [0.1, 0.15) is 32.4 Å². The fraction of sp³-hybridized carbons (Fsp3) is 0.562. The molecular weight excluding hydrogens is 250 g/mol. The highest BCUT2D eigenvalue weighted by atomic mass is 16.5. The first-order valence-corrected chi connectivity index (χ1v) is 7.54. The van der Waals surface area contributed by atoms with Gasteiger partial charge in [-0.3, -0.25) is 4.68 Å². The quantitative estimate of drug-likeness (QED) is 0.931. The zero-order valence-electron chi connectivity index (χ0n) is 12.2. The maximum absolute atomic E-state index is 6.34. The number of aryl methyl sites for hydroxylation is 1. The van der Waals surface area contributed by atoms with Crippen LogP contribution < -0.4 is 5.73 Å². The molecule has 0 aliphatic carbocycles. The molecule has 1 aliphatic heterocycles. The third-order valence-corrected chi connectivity index (χ3v) is 4.21. The summed E-state index contributed by atoms with van der Waals surface area (Å²) in [5, 5.41) is 5.94. The predicted molar refractivity (Wildman–Crippen MR) is 80.7 cm³/mol. The molecule has 1 fully saturated rings. The third-order valence-electron chi connectivity index (χ3n) is 4.21. The summed E-state index contributed by atoms with van der Waals surface area (Å²) in [6.07, 6.45) is 3.48. The summed E-state index contributed by atoms with van der Waals surface area (Å²) in [7, 11) is 0. The summed E-state index contributed by atoms with van der Waals surface area (Å²) in [5.41, 5.74) is 8.63. The minimum Gasteiger partial charge on any atom is -0.374 e. The molecule has 0 amide bonds. The van der Waals surface area contributed by atoms with E-state index in [9.17, 15) is 0 Å². The van der Waals surface area contributed by atoms with E-state index in [-0.39, 0.29) is 12.1 Å². The Bertz CT molecular complexity index is 592. The molecule has 2 heterocycles. The van der Waals surface area contributed by atoms with Crippen LogP contribution in [0, 0.1) is 0 Å². The lowest BCUT2D eigenvalue weighted by molar-refractivity contribution is 0.0403. The molecule has 4 nitrogen and oxygen atoms in total. The molecule has 0 saturated carbocycles. The van der Waals surface area contributed by atoms with Gasteiger partial charge in [0.25, 0.3) is 0 Å². The average molecular weight is 273 g/mol. The van der Waals surface area contributed by atoms with Crippen LogP contribution in [0.5, 0.6) is 0 Å². The smallest absolute Gasteiger partial charge is 0.0734 e. The van der Waals surface area contributed by atoms with E-state index < -0.39 is 0 Å². The lowest BCUT2D eigenvalue weighted by Gasteiger charge is -2.18. The summed E-state index contributed by atoms with van der Waals surface area (Å²) < 4.78 is 7.93. The van der Waals surface area contributed by atoms with Gasteiger partial charge in [0.15, 0.2) is 0 Å². The Morgan fingerprint density at radius 2 is 2.20 bits per heavy atom. The van der Waals surface area contributed by atoms with Crippen molar-refractivity contribution in [3.05, 3.63) is 30.0 Å². The number of fused-ring (bicyclic) bond motifs is 1. The lowest BCUT2D eigenvalue weighted by atomic mass is 10.0. The van der Waals surface area contributed by atoms with Crippen LogP contribution in [0.4, 0.5) is 0 Å². The number of benzene rings is 1. The second kappa shape index (κ2) is 5.54. The molecule has 3 unspecified atom stereocenters. The first-order chi connectivity index (χ1) is 9.69. The van der Waals surface area contributed by atoms with Crippen molar-refractivity contribution >= 4 is 10.9 Å². The van der Waals surface area contributed by atoms with Gasteiger partial charge >= 0.3 is 0 Å². The van der Waals surface area contributed by atoms with Crippen molar-refractivity contribution < 1.29 is 4.74 Å². The number of nitrogens with zero attached hydrogens (tertiary/aromatic N) is 2. The van der Waals surface area contributed by atoms with Gasteiger partial charge in [0, 0.05) is 24.4 Å². The molecule has 3 atom stereocenters. The highest BCUT2D eigenvalue weighted by Crippen LogP contribution is 2.25. The first kappa shape index (κ1) is 13.6. The van der Waals surface area contributed by atoms with Crippen LogP contribution >= 0.6 is 0 Å². The van der Waals surface area contributed by atoms with Crippen molar-refractivity contribution in [2.75, 3.05) is 0 Å². The lowest BCUT2D eigenvalue weighted by Crippen LogP contribution is -2.36. The van der Waals surface area contributed by atoms with Crippen LogP contribution in [0.25, 0.3) is 10.9 Å². The highest BCUT2D eigenvalue weighted by molar-refractivity contribution is 5.82. The molecule has 3 rings (SSSR count). The number of hydrogen-bond donors (Lipinski definition) is 1. The van der Waals surface area contributed by atoms with Gasteiger partial charge in [-0.2, -0.15) is 5.10 Å². The Balaban J connectivity index is 1.83. The Morgan fingerprint density at radius 1 is 1.40 bits per heavy atom. The fourth-order valence-corrected chi connectivity index (χ4v) is 3.09. The van der Waals surface area contributed by atoms with E-state index >= 15 is 0 Å². The van der Waals surface area contributed by atoms with E-state index in [1.54, 1.807) is 0 Å². The predicted octanol–water partition coefficient (Wildman–Crippen LogP) is 2.49. The standard InChI is InChI=1S/C16H23N3O/c1-3-19-15-7-5-4-6-12(15)14(18-19)10-13(17)16-9-8-11(2)20-16/h4-7,11,13,16H,3,8-10,17H2,1-2H3. The van der Waals surface area contributed by atoms with Gasteiger partial charge in [0.05, 0.1) is 23.4 Å². The van der Waals surface area contributed by atoms with Crippen LogP contribution in [-0.4, -0.2) is 28.0 Å². The van der Waals surface area contributed by atoms with Crippen molar-refractivity contribution in [1.82, 2.24) is 9.78 Å². The Hall–Kier alpha value is -1.39. The minimum absolute atomic E-state index is 0.0311. The number of aromatic nitrogens is 2. The van der Waals surface area contributed by atoms with E-state index in [0.717, 1.165) is 31.5 Å². The van der Waals surface area contributed by atoms with Crippen LogP contribution in [0.3, 0.4) is 0 Å². The SMILES string of the molecule is CCn1nc(CC(N)C2CCC(C)O2)c2ccccc21. The van der Waals surface area contributed by atoms with Gasteiger partial charge in [-0.15, -0.1) is 0 Å². The first-order valence-electron chi connectivity index (χ1n) is 7.54. The monoisotopic (exact) mass is 273 g/mol. The van der Waals surface area contributed by atoms with Gasteiger partial charge in [0.1, 0.15) is 0 Å². The molecule has 0 spiro atoms. The normalized spacial score (nSPS) is 24.4. The molecule has 1 aliphatic rings. The summed E-state index contributed by atoms with van der Waals surface area (Å²) >= 11 is 0. The van der Waals surface area contributed by atoms with Crippen LogP contribution in [0.15, 0.2) is 24.3 Å². The number of rotatable bonds is 4. The number of ether oxygens (including phenoxy) is 1. The summed E-state index contributed by atoms with van der Waals surface area (Å²) in [5.74, 6) is 0. The molecule has 2 aromatic rings. The summed E-state index contributed by atoms with van der Waals surface area (Å²) in [6.45, 7) is 5.12. The van der Waals surface area contributed by atoms with Gasteiger partial charge in [-0.25, -0.2) is 0 Å². The largest absolute Gasteiger partial charge is 0.374 e. The van der Waals surface area contributed by atoms with E-state index in [4.69, 9.17) is 15.6 Å². The second-order valence-electron chi connectivity index (χ2n) is 5.71. The Kier molecular flexibility index (Phi) is 3.76. The van der Waals surface area contributed by atoms with Crippen molar-refractivity contribution in [2.24, 2.45) is 5.73 Å². The van der Waals surface area contributed by atoms with Crippen molar-refractivity contribution in [3.63, 3.8) is 0 Å². The minimum atomic E-state index is 0.0311. The number of hydrogen-bond acceptors (Lipinski definition) is 3. The van der Waals surface area contributed by atoms with Crippen LogP contribution in [0.2, 0.25) is 0 Å². The maximum atomic E-state index is 6.34. The molecule has 0 radical (unpaired) electrons. The summed E-state index contributed by atoms with van der Waals surface area (Å²) in [6, 6.07) is 8.40. The number of nitrogens with two attached hydrogens (primary N) is 1. The maximum Gasteiger partial charge on any atom is 0.0734 e. The molecule has 108 valence electrons. The van der Waals surface area contributed by atoms with E-state index in [0.29, 0.717) is 6.10 Å². The van der Waals surface area contributed by atoms with Gasteiger partial charge in [-0.1, -0.05) is 18.2 Å². The zero-order valence-corrected chi connectivity index (χ0v) is 12.2. The van der Waals surface area contributed by atoms with Gasteiger partial charge in [-0.05, 0) is 32.8 Å². The zero-order chi connectivity index (χ0) is 14.1. The Morgan fingerprint density at radius 3 is 2.90 bits per heavy atom.